The van der Waals surface area contributed by atoms with E-state index in [2.05, 4.69) is 62.5 Å². The first-order chi connectivity index (χ1) is 12.8. The number of aromatic nitrogens is 1. The highest BCUT2D eigenvalue weighted by Gasteiger charge is 2.21. The minimum absolute atomic E-state index is 0. The molecule has 1 aliphatic rings. The number of nitrogens with one attached hydrogen (secondary N) is 1. The van der Waals surface area contributed by atoms with Gasteiger partial charge in [0.05, 0.1) is 5.69 Å². The molecule has 1 fully saturated rings. The molecule has 6 nitrogen and oxygen atoms in total. The molecule has 1 atom stereocenters. The highest BCUT2D eigenvalue weighted by atomic mass is 127. The topological polar surface area (TPSA) is 56.9 Å². The van der Waals surface area contributed by atoms with Crippen LogP contribution in [0.4, 0.5) is 0 Å². The van der Waals surface area contributed by atoms with E-state index < -0.39 is 0 Å². The molecular formula is C20H30IN5O. The van der Waals surface area contributed by atoms with Gasteiger partial charge in [0.25, 0.3) is 0 Å². The molecule has 1 aromatic heterocycles. The maximum absolute atomic E-state index is 4.92. The van der Waals surface area contributed by atoms with Gasteiger partial charge in [0.1, 0.15) is 6.26 Å². The molecule has 1 saturated heterocycles. The van der Waals surface area contributed by atoms with Crippen molar-refractivity contribution in [1.29, 1.82) is 0 Å². The summed E-state index contributed by atoms with van der Waals surface area (Å²) in [5, 5.41) is 7.58. The standard InChI is InChI=1S/C20H29N5O.HI/c1-3-17(18-7-5-4-6-8-18)15-22-20(21-2)25-12-10-24(11-13-25)16-19-9-14-26-23-19;/h4-9,14,17H,3,10-13,15-16H2,1-2H3,(H,21,22);1H. The number of rotatable bonds is 6. The zero-order valence-corrected chi connectivity index (χ0v) is 18.5. The van der Waals surface area contributed by atoms with Gasteiger partial charge in [0.2, 0.25) is 0 Å². The lowest BCUT2D eigenvalue weighted by Crippen LogP contribution is -2.52. The average molecular weight is 483 g/mol. The zero-order valence-electron chi connectivity index (χ0n) is 16.2. The Bertz CT molecular complexity index is 669. The molecule has 7 heteroatoms. The summed E-state index contributed by atoms with van der Waals surface area (Å²) in [6.07, 6.45) is 2.74. The van der Waals surface area contributed by atoms with Crippen LogP contribution in [-0.4, -0.2) is 60.7 Å². The Morgan fingerprint density at radius 3 is 2.52 bits per heavy atom. The van der Waals surface area contributed by atoms with E-state index in [4.69, 9.17) is 4.52 Å². The van der Waals surface area contributed by atoms with Crippen molar-refractivity contribution in [1.82, 2.24) is 20.3 Å². The number of hydrogen-bond donors (Lipinski definition) is 1. The van der Waals surface area contributed by atoms with E-state index >= 15 is 0 Å². The van der Waals surface area contributed by atoms with Crippen molar-refractivity contribution in [3.05, 3.63) is 53.9 Å². The molecule has 2 aromatic rings. The van der Waals surface area contributed by atoms with Crippen LogP contribution in [0.1, 0.15) is 30.5 Å². The Morgan fingerprint density at radius 1 is 1.19 bits per heavy atom. The molecule has 148 valence electrons. The first-order valence-corrected chi connectivity index (χ1v) is 9.42. The summed E-state index contributed by atoms with van der Waals surface area (Å²) in [7, 11) is 1.87. The summed E-state index contributed by atoms with van der Waals surface area (Å²) in [5.41, 5.74) is 2.38. The molecule has 0 radical (unpaired) electrons. The van der Waals surface area contributed by atoms with Crippen LogP contribution in [0.3, 0.4) is 0 Å². The third-order valence-electron chi connectivity index (χ3n) is 5.03. The normalized spacial score (nSPS) is 16.7. The molecular weight excluding hydrogens is 453 g/mol. The van der Waals surface area contributed by atoms with Crippen LogP contribution < -0.4 is 5.32 Å². The number of hydrogen-bond acceptors (Lipinski definition) is 4. The smallest absolute Gasteiger partial charge is 0.193 e. The summed E-state index contributed by atoms with van der Waals surface area (Å²) in [4.78, 5) is 9.25. The number of piperazine rings is 1. The minimum Gasteiger partial charge on any atom is -0.364 e. The molecule has 0 spiro atoms. The second-order valence-electron chi connectivity index (χ2n) is 6.70. The van der Waals surface area contributed by atoms with E-state index in [0.717, 1.165) is 57.3 Å². The summed E-state index contributed by atoms with van der Waals surface area (Å²) in [6, 6.07) is 12.6. The molecule has 0 amide bonds. The van der Waals surface area contributed by atoms with E-state index in [0.29, 0.717) is 5.92 Å². The highest BCUT2D eigenvalue weighted by Crippen LogP contribution is 2.18. The maximum atomic E-state index is 4.92. The SMILES string of the molecule is CCC(CNC(=NC)N1CCN(Cc2ccon2)CC1)c1ccccc1.I. The fourth-order valence-electron chi connectivity index (χ4n) is 3.44. The van der Waals surface area contributed by atoms with Crippen LogP contribution in [0.25, 0.3) is 0 Å². The van der Waals surface area contributed by atoms with Gasteiger partial charge in [-0.2, -0.15) is 0 Å². The van der Waals surface area contributed by atoms with Crippen LogP contribution in [0.5, 0.6) is 0 Å². The first kappa shape index (κ1) is 21.7. The van der Waals surface area contributed by atoms with E-state index in [1.807, 2.05) is 13.1 Å². The highest BCUT2D eigenvalue weighted by molar-refractivity contribution is 14.0. The molecule has 3 rings (SSSR count). The predicted octanol–water partition coefficient (Wildman–Crippen LogP) is 3.18. The maximum Gasteiger partial charge on any atom is 0.193 e. The molecule has 1 aliphatic heterocycles. The summed E-state index contributed by atoms with van der Waals surface area (Å²) in [5.74, 6) is 1.50. The van der Waals surface area contributed by atoms with Crippen molar-refractivity contribution in [2.24, 2.45) is 4.99 Å². The van der Waals surface area contributed by atoms with Crippen LogP contribution in [0.15, 0.2) is 52.2 Å². The Morgan fingerprint density at radius 2 is 1.93 bits per heavy atom. The first-order valence-electron chi connectivity index (χ1n) is 9.42. The van der Waals surface area contributed by atoms with E-state index in [-0.39, 0.29) is 24.0 Å². The van der Waals surface area contributed by atoms with Gasteiger partial charge in [-0.15, -0.1) is 24.0 Å². The largest absolute Gasteiger partial charge is 0.364 e. The lowest BCUT2D eigenvalue weighted by Gasteiger charge is -2.36. The number of guanidine groups is 1. The van der Waals surface area contributed by atoms with Gasteiger partial charge in [-0.05, 0) is 12.0 Å². The Labute approximate surface area is 179 Å². The Kier molecular flexibility index (Phi) is 9.06. The third kappa shape index (κ3) is 6.21. The molecule has 1 aromatic carbocycles. The zero-order chi connectivity index (χ0) is 18.2. The van der Waals surface area contributed by atoms with E-state index in [1.165, 1.54) is 5.56 Å². The lowest BCUT2D eigenvalue weighted by atomic mass is 9.96. The fraction of sp³-hybridized carbons (Fsp3) is 0.500. The Balaban J connectivity index is 0.00000261. The van der Waals surface area contributed by atoms with Crippen LogP contribution in [0, 0.1) is 0 Å². The molecule has 1 N–H and O–H groups in total. The monoisotopic (exact) mass is 483 g/mol. The van der Waals surface area contributed by atoms with Crippen molar-refractivity contribution in [2.75, 3.05) is 39.8 Å². The van der Waals surface area contributed by atoms with Crippen LogP contribution >= 0.6 is 24.0 Å². The summed E-state index contributed by atoms with van der Waals surface area (Å²) in [6.45, 7) is 7.95. The molecule has 0 bridgehead atoms. The van der Waals surface area contributed by atoms with Crippen molar-refractivity contribution in [3.63, 3.8) is 0 Å². The fourth-order valence-corrected chi connectivity index (χ4v) is 3.44. The molecule has 27 heavy (non-hydrogen) atoms. The second kappa shape index (κ2) is 11.3. The van der Waals surface area contributed by atoms with E-state index in [9.17, 15) is 0 Å². The van der Waals surface area contributed by atoms with E-state index in [1.54, 1.807) is 6.26 Å². The molecule has 2 heterocycles. The van der Waals surface area contributed by atoms with Crippen LogP contribution in [0.2, 0.25) is 0 Å². The molecule has 1 unspecified atom stereocenters. The van der Waals surface area contributed by atoms with Gasteiger partial charge in [-0.3, -0.25) is 9.89 Å². The van der Waals surface area contributed by atoms with Gasteiger partial charge in [0.15, 0.2) is 5.96 Å². The second-order valence-corrected chi connectivity index (χ2v) is 6.70. The quantitative estimate of drug-likeness (QED) is 0.389. The third-order valence-corrected chi connectivity index (χ3v) is 5.03. The minimum atomic E-state index is 0. The van der Waals surface area contributed by atoms with Gasteiger partial charge >= 0.3 is 0 Å². The predicted molar refractivity (Wildman–Crippen MR) is 120 cm³/mol. The number of aliphatic imine (C=N–C) groups is 1. The Hall–Kier alpha value is -1.61. The molecule has 0 aliphatic carbocycles. The lowest BCUT2D eigenvalue weighted by molar-refractivity contribution is 0.169. The van der Waals surface area contributed by atoms with Crippen molar-refractivity contribution in [2.45, 2.75) is 25.8 Å². The summed E-state index contributed by atoms with van der Waals surface area (Å²) >= 11 is 0. The van der Waals surface area contributed by atoms with Gasteiger partial charge < -0.3 is 14.7 Å². The molecule has 0 saturated carbocycles. The van der Waals surface area contributed by atoms with Crippen molar-refractivity contribution < 1.29 is 4.52 Å². The number of nitrogens with zero attached hydrogens (tertiary/aromatic N) is 4. The van der Waals surface area contributed by atoms with Crippen molar-refractivity contribution >= 4 is 29.9 Å². The summed E-state index contributed by atoms with van der Waals surface area (Å²) < 4.78 is 4.92. The van der Waals surface area contributed by atoms with Gasteiger partial charge in [0, 0.05) is 58.3 Å². The number of halogens is 1. The van der Waals surface area contributed by atoms with Gasteiger partial charge in [-0.1, -0.05) is 42.4 Å². The number of benzene rings is 1. The average Bonchev–Trinajstić information content (AvgIpc) is 3.20. The van der Waals surface area contributed by atoms with Gasteiger partial charge in [-0.25, -0.2) is 0 Å². The van der Waals surface area contributed by atoms with Crippen molar-refractivity contribution in [3.8, 4) is 0 Å². The van der Waals surface area contributed by atoms with Crippen LogP contribution in [-0.2, 0) is 6.54 Å².